The molecule has 0 atom stereocenters. The van der Waals surface area contributed by atoms with Crippen molar-refractivity contribution in [2.45, 2.75) is 57.9 Å². The van der Waals surface area contributed by atoms with Crippen LogP contribution in [-0.4, -0.2) is 31.1 Å². The Balaban J connectivity index is 1.52. The average Bonchev–Trinajstić information content (AvgIpc) is 2.85. The second kappa shape index (κ2) is 11.1. The summed E-state index contributed by atoms with van der Waals surface area (Å²) in [5.41, 5.74) is 3.08. The number of anilines is 3. The molecule has 0 radical (unpaired) electrons. The Morgan fingerprint density at radius 2 is 1.65 bits per heavy atom. The molecule has 34 heavy (non-hydrogen) atoms. The van der Waals surface area contributed by atoms with E-state index in [1.165, 1.54) is 6.42 Å². The highest BCUT2D eigenvalue weighted by Crippen LogP contribution is 2.29. The van der Waals surface area contributed by atoms with Crippen LogP contribution in [0.15, 0.2) is 42.5 Å². The molecule has 1 aliphatic heterocycles. The first-order chi connectivity index (χ1) is 16.5. The lowest BCUT2D eigenvalue weighted by molar-refractivity contribution is 0.0928. The minimum atomic E-state index is -0.423. The number of amides is 3. The molecule has 7 nitrogen and oxygen atoms in total. The monoisotopic (exact) mass is 459 g/mol. The summed E-state index contributed by atoms with van der Waals surface area (Å²) in [5.74, 6) is 0.617. The third-order valence-corrected chi connectivity index (χ3v) is 6.81. The molecule has 3 amide bonds. The van der Waals surface area contributed by atoms with Gasteiger partial charge in [0.1, 0.15) is 0 Å². The molecule has 4 rings (SSSR count). The maximum absolute atomic E-state index is 13.3. The molecule has 7 heteroatoms. The van der Waals surface area contributed by atoms with Gasteiger partial charge in [0, 0.05) is 36.2 Å². The lowest BCUT2D eigenvalue weighted by Crippen LogP contribution is -2.38. The third-order valence-electron chi connectivity index (χ3n) is 6.81. The van der Waals surface area contributed by atoms with Gasteiger partial charge >= 0.3 is 6.03 Å². The molecule has 3 N–H and O–H groups in total. The van der Waals surface area contributed by atoms with Gasteiger partial charge in [-0.15, -0.1) is 0 Å². The average molecular weight is 460 g/mol. The van der Waals surface area contributed by atoms with Gasteiger partial charge in [0.25, 0.3) is 5.91 Å². The van der Waals surface area contributed by atoms with Crippen LogP contribution in [0.4, 0.5) is 21.9 Å². The second-order valence-electron chi connectivity index (χ2n) is 9.48. The number of nitrogens with one attached hydrogen (secondary N) is 3. The molecule has 0 spiro atoms. The number of benzene rings is 2. The highest BCUT2D eigenvalue weighted by molar-refractivity contribution is 6.04. The molecule has 2 aromatic rings. The number of piperidine rings is 1. The van der Waals surface area contributed by atoms with Crippen molar-refractivity contribution in [3.05, 3.63) is 53.6 Å². The van der Waals surface area contributed by atoms with Gasteiger partial charge in [-0.1, -0.05) is 32.3 Å². The van der Waals surface area contributed by atoms with Crippen molar-refractivity contribution in [2.24, 2.45) is 5.92 Å². The van der Waals surface area contributed by atoms with E-state index >= 15 is 0 Å². The Morgan fingerprint density at radius 3 is 2.35 bits per heavy atom. The van der Waals surface area contributed by atoms with Crippen LogP contribution in [0, 0.1) is 17.2 Å². The number of urea groups is 1. The van der Waals surface area contributed by atoms with E-state index in [4.69, 9.17) is 5.26 Å². The Bertz CT molecular complexity index is 1060. The van der Waals surface area contributed by atoms with Crippen molar-refractivity contribution in [1.29, 1.82) is 5.26 Å². The van der Waals surface area contributed by atoms with Gasteiger partial charge in [-0.3, -0.25) is 4.79 Å². The standard InChI is InChI=1S/C27H33N5O2/c1-19-12-14-32(15-13-19)25-11-10-23(17-24(25)26(33)29-21-7-3-2-4-8-21)31-27(34)30-22-9-5-6-20(16-22)18-28/h5-6,9-11,16-17,19,21H,2-4,7-8,12-15H2,1H3,(H,29,33)(H2,30,31,34). The maximum Gasteiger partial charge on any atom is 0.323 e. The van der Waals surface area contributed by atoms with E-state index in [1.807, 2.05) is 12.1 Å². The van der Waals surface area contributed by atoms with Crippen molar-refractivity contribution < 1.29 is 9.59 Å². The summed E-state index contributed by atoms with van der Waals surface area (Å²) in [6.07, 6.45) is 7.78. The number of nitrogens with zero attached hydrogens (tertiary/aromatic N) is 2. The van der Waals surface area contributed by atoms with Crippen LogP contribution >= 0.6 is 0 Å². The lowest BCUT2D eigenvalue weighted by atomic mass is 9.95. The van der Waals surface area contributed by atoms with Crippen molar-refractivity contribution >= 4 is 29.0 Å². The van der Waals surface area contributed by atoms with Gasteiger partial charge in [-0.05, 0) is 68.0 Å². The second-order valence-corrected chi connectivity index (χ2v) is 9.48. The summed E-state index contributed by atoms with van der Waals surface area (Å²) in [6, 6.07) is 14.2. The van der Waals surface area contributed by atoms with Gasteiger partial charge < -0.3 is 20.9 Å². The van der Waals surface area contributed by atoms with Gasteiger partial charge in [0.05, 0.1) is 17.2 Å². The maximum atomic E-state index is 13.3. The fraction of sp³-hybridized carbons (Fsp3) is 0.444. The van der Waals surface area contributed by atoms with E-state index in [0.29, 0.717) is 28.4 Å². The zero-order valence-corrected chi connectivity index (χ0v) is 19.8. The van der Waals surface area contributed by atoms with Crippen LogP contribution in [0.5, 0.6) is 0 Å². The molecule has 1 saturated carbocycles. The fourth-order valence-electron chi connectivity index (χ4n) is 4.79. The van der Waals surface area contributed by atoms with E-state index in [0.717, 1.165) is 57.3 Å². The van der Waals surface area contributed by atoms with Crippen LogP contribution in [-0.2, 0) is 0 Å². The van der Waals surface area contributed by atoms with Crippen LogP contribution in [0.25, 0.3) is 0 Å². The van der Waals surface area contributed by atoms with Gasteiger partial charge in [-0.25, -0.2) is 4.79 Å². The molecule has 2 aromatic carbocycles. The molecule has 178 valence electrons. The Kier molecular flexibility index (Phi) is 7.69. The predicted molar refractivity (Wildman–Crippen MR) is 135 cm³/mol. The van der Waals surface area contributed by atoms with Crippen LogP contribution in [0.3, 0.4) is 0 Å². The predicted octanol–water partition coefficient (Wildman–Crippen LogP) is 5.50. The smallest absolute Gasteiger partial charge is 0.323 e. The molecule has 0 bridgehead atoms. The Labute approximate surface area is 201 Å². The topological polar surface area (TPSA) is 97.3 Å². The molecular weight excluding hydrogens is 426 g/mol. The first kappa shape index (κ1) is 23.6. The summed E-state index contributed by atoms with van der Waals surface area (Å²) in [4.78, 5) is 28.2. The highest BCUT2D eigenvalue weighted by atomic mass is 16.2. The largest absolute Gasteiger partial charge is 0.371 e. The Hall–Kier alpha value is -3.53. The number of rotatable bonds is 5. The first-order valence-corrected chi connectivity index (χ1v) is 12.3. The molecule has 2 fully saturated rings. The summed E-state index contributed by atoms with van der Waals surface area (Å²) < 4.78 is 0. The van der Waals surface area contributed by atoms with Gasteiger partial charge in [0.15, 0.2) is 0 Å². The van der Waals surface area contributed by atoms with Crippen molar-refractivity contribution in [2.75, 3.05) is 28.6 Å². The van der Waals surface area contributed by atoms with E-state index in [9.17, 15) is 9.59 Å². The van der Waals surface area contributed by atoms with Gasteiger partial charge in [-0.2, -0.15) is 5.26 Å². The minimum Gasteiger partial charge on any atom is -0.371 e. The third kappa shape index (κ3) is 6.07. The number of nitriles is 1. The zero-order chi connectivity index (χ0) is 23.9. The number of hydrogen-bond acceptors (Lipinski definition) is 4. The Morgan fingerprint density at radius 1 is 0.941 bits per heavy atom. The summed E-state index contributed by atoms with van der Waals surface area (Å²) in [6.45, 7) is 4.12. The fourth-order valence-corrected chi connectivity index (χ4v) is 4.79. The summed E-state index contributed by atoms with van der Waals surface area (Å²) in [5, 5.41) is 17.9. The van der Waals surface area contributed by atoms with E-state index in [-0.39, 0.29) is 11.9 Å². The van der Waals surface area contributed by atoms with Gasteiger partial charge in [0.2, 0.25) is 0 Å². The van der Waals surface area contributed by atoms with Crippen LogP contribution in [0.1, 0.15) is 67.8 Å². The van der Waals surface area contributed by atoms with Crippen molar-refractivity contribution in [3.63, 3.8) is 0 Å². The first-order valence-electron chi connectivity index (χ1n) is 12.3. The summed E-state index contributed by atoms with van der Waals surface area (Å²) >= 11 is 0. The SMILES string of the molecule is CC1CCN(c2ccc(NC(=O)Nc3cccc(C#N)c3)cc2C(=O)NC2CCCCC2)CC1. The number of carbonyl (C=O) groups is 2. The molecule has 2 aliphatic rings. The molecule has 1 heterocycles. The number of hydrogen-bond donors (Lipinski definition) is 3. The van der Waals surface area contributed by atoms with E-state index < -0.39 is 6.03 Å². The van der Waals surface area contributed by atoms with Crippen LogP contribution in [0.2, 0.25) is 0 Å². The number of carbonyl (C=O) groups excluding carboxylic acids is 2. The van der Waals surface area contributed by atoms with Crippen molar-refractivity contribution in [3.8, 4) is 6.07 Å². The highest BCUT2D eigenvalue weighted by Gasteiger charge is 2.24. The normalized spacial score (nSPS) is 17.0. The molecule has 0 unspecified atom stereocenters. The minimum absolute atomic E-state index is 0.0775. The molecular formula is C27H33N5O2. The zero-order valence-electron chi connectivity index (χ0n) is 19.8. The van der Waals surface area contributed by atoms with E-state index in [1.54, 1.807) is 30.3 Å². The van der Waals surface area contributed by atoms with Crippen LogP contribution < -0.4 is 20.9 Å². The van der Waals surface area contributed by atoms with E-state index in [2.05, 4.69) is 33.8 Å². The summed E-state index contributed by atoms with van der Waals surface area (Å²) in [7, 11) is 0. The molecule has 1 saturated heterocycles. The van der Waals surface area contributed by atoms with Crippen molar-refractivity contribution in [1.82, 2.24) is 5.32 Å². The lowest BCUT2D eigenvalue weighted by Gasteiger charge is -2.34. The quantitative estimate of drug-likeness (QED) is 0.550. The molecule has 1 aliphatic carbocycles. The molecule has 0 aromatic heterocycles.